The van der Waals surface area contributed by atoms with Crippen molar-refractivity contribution in [2.24, 2.45) is 11.5 Å². The van der Waals surface area contributed by atoms with Gasteiger partial charge in [0.15, 0.2) is 11.5 Å². The van der Waals surface area contributed by atoms with E-state index in [0.29, 0.717) is 18.8 Å². The summed E-state index contributed by atoms with van der Waals surface area (Å²) in [4.78, 5) is 15.6. The lowest BCUT2D eigenvalue weighted by atomic mass is 10.3. The Morgan fingerprint density at radius 2 is 1.95 bits per heavy atom. The Balaban J connectivity index is 2.17. The van der Waals surface area contributed by atoms with Crippen molar-refractivity contribution in [3.63, 3.8) is 0 Å². The van der Waals surface area contributed by atoms with Crippen molar-refractivity contribution in [2.75, 3.05) is 6.54 Å². The molecule has 7 heteroatoms. The number of hydrogen-bond acceptors (Lipinski definition) is 5. The van der Waals surface area contributed by atoms with Crippen LogP contribution in [0.1, 0.15) is 16.3 Å². The molecule has 0 saturated heterocycles. The van der Waals surface area contributed by atoms with Crippen molar-refractivity contribution in [3.8, 4) is 5.82 Å². The third-order valence-corrected chi connectivity index (χ3v) is 3.13. The molecule has 0 spiro atoms. The number of fused-ring (bicyclic) bond motifs is 1. The maximum absolute atomic E-state index is 11.1. The summed E-state index contributed by atoms with van der Waals surface area (Å²) in [6.07, 6.45) is 0.619. The molecule has 0 aliphatic heterocycles. The van der Waals surface area contributed by atoms with Gasteiger partial charge in [0.1, 0.15) is 5.82 Å². The molecule has 2 heterocycles. The number of benzene rings is 1. The second kappa shape index (κ2) is 5.29. The van der Waals surface area contributed by atoms with E-state index in [1.165, 1.54) is 0 Å². The zero-order valence-corrected chi connectivity index (χ0v) is 11.2. The maximum atomic E-state index is 11.1. The molecule has 1 aromatic carbocycles. The summed E-state index contributed by atoms with van der Waals surface area (Å²) in [5.41, 5.74) is 12.7. The number of aromatic nitrogens is 4. The maximum Gasteiger partial charge on any atom is 0.269 e. The van der Waals surface area contributed by atoms with Crippen molar-refractivity contribution in [1.29, 1.82) is 0 Å². The number of carbonyl (C=O) groups excluding carboxylic acids is 1. The van der Waals surface area contributed by atoms with Crippen LogP contribution in [-0.2, 0) is 6.42 Å². The van der Waals surface area contributed by atoms with Gasteiger partial charge in [0.25, 0.3) is 5.91 Å². The van der Waals surface area contributed by atoms with Crippen LogP contribution in [0.5, 0.6) is 0 Å². The molecule has 4 N–H and O–H groups in total. The van der Waals surface area contributed by atoms with Crippen LogP contribution in [0, 0.1) is 0 Å². The first-order chi connectivity index (χ1) is 10.2. The summed E-state index contributed by atoms with van der Waals surface area (Å²) in [5, 5.41) is 7.90. The van der Waals surface area contributed by atoms with E-state index in [9.17, 15) is 4.79 Å². The van der Waals surface area contributed by atoms with E-state index in [1.54, 1.807) is 12.1 Å². The number of amides is 1. The fraction of sp³-hybridized carbons (Fsp3) is 0.143. The van der Waals surface area contributed by atoms with Gasteiger partial charge in [-0.2, -0.15) is 0 Å². The largest absolute Gasteiger partial charge is 0.364 e. The number of nitrogens with zero attached hydrogens (tertiary/aromatic N) is 4. The molecule has 0 aliphatic carbocycles. The quantitative estimate of drug-likeness (QED) is 0.720. The van der Waals surface area contributed by atoms with Crippen molar-refractivity contribution in [1.82, 2.24) is 19.7 Å². The minimum absolute atomic E-state index is 0.128. The van der Waals surface area contributed by atoms with E-state index in [0.717, 1.165) is 16.9 Å². The average Bonchev–Trinajstić information content (AvgIpc) is 2.85. The summed E-state index contributed by atoms with van der Waals surface area (Å²) in [5.74, 6) is 0.781. The lowest BCUT2D eigenvalue weighted by molar-refractivity contribution is 0.0994. The average molecular weight is 282 g/mol. The van der Waals surface area contributed by atoms with E-state index < -0.39 is 5.91 Å². The van der Waals surface area contributed by atoms with E-state index in [2.05, 4.69) is 15.2 Å². The standard InChI is InChI=1S/C14H14N6O/c15-8-7-12-17-9-3-1-2-4-11(9)20(12)13-6-5-10(14(16)21)18-19-13/h1-6H,7-8,15H2,(H2,16,21). The highest BCUT2D eigenvalue weighted by Gasteiger charge is 2.13. The summed E-state index contributed by atoms with van der Waals surface area (Å²) in [7, 11) is 0. The Labute approximate surface area is 120 Å². The first kappa shape index (κ1) is 13.2. The molecule has 0 aliphatic rings. The number of nitrogens with two attached hydrogens (primary N) is 2. The van der Waals surface area contributed by atoms with Crippen molar-refractivity contribution < 1.29 is 4.79 Å². The van der Waals surface area contributed by atoms with Gasteiger partial charge in [0.05, 0.1) is 11.0 Å². The van der Waals surface area contributed by atoms with Gasteiger partial charge in [-0.05, 0) is 30.8 Å². The van der Waals surface area contributed by atoms with Crippen LogP contribution >= 0.6 is 0 Å². The molecule has 0 unspecified atom stereocenters. The Morgan fingerprint density at radius 3 is 2.62 bits per heavy atom. The minimum Gasteiger partial charge on any atom is -0.364 e. The van der Waals surface area contributed by atoms with Gasteiger partial charge in [-0.15, -0.1) is 10.2 Å². The molecule has 21 heavy (non-hydrogen) atoms. The van der Waals surface area contributed by atoms with Gasteiger partial charge in [0, 0.05) is 6.42 Å². The van der Waals surface area contributed by atoms with Crippen LogP contribution in [0.2, 0.25) is 0 Å². The lowest BCUT2D eigenvalue weighted by Gasteiger charge is -2.07. The Bertz CT molecular complexity index is 793. The molecule has 1 amide bonds. The monoisotopic (exact) mass is 282 g/mol. The molecule has 106 valence electrons. The molecule has 0 fully saturated rings. The molecular weight excluding hydrogens is 268 g/mol. The molecule has 0 atom stereocenters. The predicted molar refractivity (Wildman–Crippen MR) is 77.9 cm³/mol. The van der Waals surface area contributed by atoms with Gasteiger partial charge >= 0.3 is 0 Å². The molecule has 3 aromatic rings. The first-order valence-corrected chi connectivity index (χ1v) is 6.51. The number of imidazole rings is 1. The predicted octanol–water partition coefficient (Wildman–Crippen LogP) is 0.416. The molecule has 2 aromatic heterocycles. The van der Waals surface area contributed by atoms with E-state index in [1.807, 2.05) is 28.8 Å². The number of primary amides is 1. The third kappa shape index (κ3) is 2.34. The van der Waals surface area contributed by atoms with Crippen molar-refractivity contribution in [3.05, 3.63) is 47.9 Å². The third-order valence-electron chi connectivity index (χ3n) is 3.13. The van der Waals surface area contributed by atoms with Gasteiger partial charge in [-0.1, -0.05) is 12.1 Å². The van der Waals surface area contributed by atoms with Crippen LogP contribution < -0.4 is 11.5 Å². The second-order valence-electron chi connectivity index (χ2n) is 4.53. The Morgan fingerprint density at radius 1 is 1.14 bits per heavy atom. The normalized spacial score (nSPS) is 10.9. The Hall–Kier alpha value is -2.80. The number of rotatable bonds is 4. The van der Waals surface area contributed by atoms with E-state index in [-0.39, 0.29) is 5.69 Å². The number of hydrogen-bond donors (Lipinski definition) is 2. The minimum atomic E-state index is -0.605. The molecule has 0 bridgehead atoms. The SMILES string of the molecule is NCCc1nc2ccccc2n1-c1ccc(C(N)=O)nn1. The fourth-order valence-electron chi connectivity index (χ4n) is 2.20. The van der Waals surface area contributed by atoms with Gasteiger partial charge in [0.2, 0.25) is 0 Å². The van der Waals surface area contributed by atoms with Crippen LogP contribution in [0.4, 0.5) is 0 Å². The molecule has 3 rings (SSSR count). The van der Waals surface area contributed by atoms with Crippen LogP contribution in [-0.4, -0.2) is 32.2 Å². The van der Waals surface area contributed by atoms with E-state index in [4.69, 9.17) is 11.5 Å². The van der Waals surface area contributed by atoms with Gasteiger partial charge in [-0.25, -0.2) is 4.98 Å². The molecule has 0 radical (unpaired) electrons. The molecule has 7 nitrogen and oxygen atoms in total. The number of carbonyl (C=O) groups is 1. The van der Waals surface area contributed by atoms with Gasteiger partial charge < -0.3 is 11.5 Å². The molecule has 0 saturated carbocycles. The lowest BCUT2D eigenvalue weighted by Crippen LogP contribution is -2.15. The second-order valence-corrected chi connectivity index (χ2v) is 4.53. The van der Waals surface area contributed by atoms with Crippen molar-refractivity contribution in [2.45, 2.75) is 6.42 Å². The molecular formula is C14H14N6O. The highest BCUT2D eigenvalue weighted by Crippen LogP contribution is 2.20. The Kier molecular flexibility index (Phi) is 3.33. The summed E-state index contributed by atoms with van der Waals surface area (Å²) in [6, 6.07) is 11.0. The van der Waals surface area contributed by atoms with Gasteiger partial charge in [-0.3, -0.25) is 9.36 Å². The van der Waals surface area contributed by atoms with Crippen molar-refractivity contribution >= 4 is 16.9 Å². The summed E-state index contributed by atoms with van der Waals surface area (Å²) in [6.45, 7) is 0.482. The highest BCUT2D eigenvalue weighted by molar-refractivity contribution is 5.90. The first-order valence-electron chi connectivity index (χ1n) is 6.51. The zero-order valence-electron chi connectivity index (χ0n) is 11.2. The number of para-hydroxylation sites is 2. The summed E-state index contributed by atoms with van der Waals surface area (Å²) >= 11 is 0. The summed E-state index contributed by atoms with van der Waals surface area (Å²) < 4.78 is 1.89. The highest BCUT2D eigenvalue weighted by atomic mass is 16.1. The smallest absolute Gasteiger partial charge is 0.269 e. The zero-order chi connectivity index (χ0) is 14.8. The van der Waals surface area contributed by atoms with Crippen LogP contribution in [0.15, 0.2) is 36.4 Å². The van der Waals surface area contributed by atoms with Crippen LogP contribution in [0.25, 0.3) is 16.9 Å². The fourth-order valence-corrected chi connectivity index (χ4v) is 2.20. The van der Waals surface area contributed by atoms with Crippen LogP contribution in [0.3, 0.4) is 0 Å². The van der Waals surface area contributed by atoms with E-state index >= 15 is 0 Å². The topological polar surface area (TPSA) is 113 Å².